The standard InChI is InChI=1S/C16H14N4O3S/c1-23-12-4-2-3-10(7-12)8-14-19-20-16(24-14)18-15(22)11-5-6-13(21)17-9-11/h2-7,9H,8H2,1H3,(H,17,21)(H,18,20,22). The first kappa shape index (κ1) is 15.9. The highest BCUT2D eigenvalue weighted by atomic mass is 32.1. The van der Waals surface area contributed by atoms with Crippen molar-refractivity contribution < 1.29 is 9.53 Å². The molecule has 0 fully saturated rings. The van der Waals surface area contributed by atoms with Gasteiger partial charge in [-0.15, -0.1) is 10.2 Å². The molecule has 2 heterocycles. The Morgan fingerprint density at radius 3 is 2.92 bits per heavy atom. The van der Waals surface area contributed by atoms with Gasteiger partial charge in [0.15, 0.2) is 0 Å². The molecule has 1 amide bonds. The van der Waals surface area contributed by atoms with E-state index in [0.717, 1.165) is 16.3 Å². The number of carbonyl (C=O) groups is 1. The molecule has 3 rings (SSSR count). The Bertz CT molecular complexity index is 899. The summed E-state index contributed by atoms with van der Waals surface area (Å²) in [7, 11) is 1.62. The second-order valence-corrected chi connectivity index (χ2v) is 5.99. The number of hydrogen-bond donors (Lipinski definition) is 2. The average molecular weight is 342 g/mol. The van der Waals surface area contributed by atoms with Crippen molar-refractivity contribution in [1.29, 1.82) is 0 Å². The van der Waals surface area contributed by atoms with E-state index in [9.17, 15) is 9.59 Å². The number of aromatic nitrogens is 3. The molecule has 2 aromatic heterocycles. The summed E-state index contributed by atoms with van der Waals surface area (Å²) in [4.78, 5) is 25.5. The van der Waals surface area contributed by atoms with E-state index in [2.05, 4.69) is 20.5 Å². The van der Waals surface area contributed by atoms with Crippen molar-refractivity contribution in [3.05, 3.63) is 69.1 Å². The molecule has 0 spiro atoms. The molecule has 0 aliphatic carbocycles. The first-order chi connectivity index (χ1) is 11.6. The molecule has 0 atom stereocenters. The van der Waals surface area contributed by atoms with E-state index in [-0.39, 0.29) is 11.5 Å². The second-order valence-electron chi connectivity index (χ2n) is 4.92. The van der Waals surface area contributed by atoms with Gasteiger partial charge in [-0.05, 0) is 23.8 Å². The lowest BCUT2D eigenvalue weighted by molar-refractivity contribution is 0.102. The summed E-state index contributed by atoms with van der Waals surface area (Å²) in [6.45, 7) is 0. The summed E-state index contributed by atoms with van der Waals surface area (Å²) in [5.41, 5.74) is 1.13. The molecule has 1 aromatic carbocycles. The molecule has 3 aromatic rings. The number of methoxy groups -OCH3 is 1. The molecule has 0 aliphatic rings. The van der Waals surface area contributed by atoms with Crippen molar-refractivity contribution in [2.45, 2.75) is 6.42 Å². The van der Waals surface area contributed by atoms with E-state index in [1.54, 1.807) is 7.11 Å². The summed E-state index contributed by atoms with van der Waals surface area (Å²) >= 11 is 1.30. The van der Waals surface area contributed by atoms with Gasteiger partial charge in [0.1, 0.15) is 10.8 Å². The Labute approximate surface area is 141 Å². The van der Waals surface area contributed by atoms with Crippen LogP contribution in [0.4, 0.5) is 5.13 Å². The molecule has 0 radical (unpaired) electrons. The fourth-order valence-corrected chi connectivity index (χ4v) is 2.82. The van der Waals surface area contributed by atoms with Gasteiger partial charge in [-0.25, -0.2) is 0 Å². The molecule has 0 unspecified atom stereocenters. The number of benzene rings is 1. The van der Waals surface area contributed by atoms with E-state index in [0.29, 0.717) is 17.1 Å². The van der Waals surface area contributed by atoms with E-state index in [1.807, 2.05) is 24.3 Å². The smallest absolute Gasteiger partial charge is 0.258 e. The highest BCUT2D eigenvalue weighted by Gasteiger charge is 2.11. The third-order valence-electron chi connectivity index (χ3n) is 3.22. The van der Waals surface area contributed by atoms with Crippen LogP contribution in [0.1, 0.15) is 20.9 Å². The fourth-order valence-electron chi connectivity index (χ4n) is 2.05. The van der Waals surface area contributed by atoms with Crippen LogP contribution < -0.4 is 15.6 Å². The zero-order chi connectivity index (χ0) is 16.9. The lowest BCUT2D eigenvalue weighted by Gasteiger charge is -2.02. The minimum absolute atomic E-state index is 0.261. The van der Waals surface area contributed by atoms with Crippen LogP contribution >= 0.6 is 11.3 Å². The van der Waals surface area contributed by atoms with Gasteiger partial charge in [0, 0.05) is 18.7 Å². The first-order valence-electron chi connectivity index (χ1n) is 7.09. The molecule has 2 N–H and O–H groups in total. The van der Waals surface area contributed by atoms with Crippen molar-refractivity contribution in [2.24, 2.45) is 0 Å². The third kappa shape index (κ3) is 3.85. The van der Waals surface area contributed by atoms with Crippen molar-refractivity contribution in [2.75, 3.05) is 12.4 Å². The monoisotopic (exact) mass is 342 g/mol. The van der Waals surface area contributed by atoms with Gasteiger partial charge >= 0.3 is 0 Å². The summed E-state index contributed by atoms with van der Waals surface area (Å²) in [5.74, 6) is 0.430. The van der Waals surface area contributed by atoms with Crippen molar-refractivity contribution in [1.82, 2.24) is 15.2 Å². The van der Waals surface area contributed by atoms with Crippen molar-refractivity contribution >= 4 is 22.4 Å². The minimum Gasteiger partial charge on any atom is -0.497 e. The van der Waals surface area contributed by atoms with Gasteiger partial charge in [-0.2, -0.15) is 0 Å². The molecule has 8 heteroatoms. The molecule has 24 heavy (non-hydrogen) atoms. The number of anilines is 1. The summed E-state index contributed by atoms with van der Waals surface area (Å²) in [6, 6.07) is 10.4. The number of ether oxygens (including phenoxy) is 1. The maximum absolute atomic E-state index is 12.1. The van der Waals surface area contributed by atoms with Crippen LogP contribution in [0.5, 0.6) is 5.75 Å². The largest absolute Gasteiger partial charge is 0.497 e. The van der Waals surface area contributed by atoms with Crippen LogP contribution in [0.2, 0.25) is 0 Å². The van der Waals surface area contributed by atoms with Crippen LogP contribution in [0.15, 0.2) is 47.4 Å². The number of pyridine rings is 1. The Balaban J connectivity index is 1.67. The second kappa shape index (κ2) is 7.05. The summed E-state index contributed by atoms with van der Waals surface area (Å²) in [5, 5.41) is 11.9. The van der Waals surface area contributed by atoms with Gasteiger partial charge in [-0.1, -0.05) is 23.5 Å². The Morgan fingerprint density at radius 1 is 1.29 bits per heavy atom. The number of aromatic amines is 1. The highest BCUT2D eigenvalue weighted by molar-refractivity contribution is 7.15. The first-order valence-corrected chi connectivity index (χ1v) is 7.91. The maximum atomic E-state index is 12.1. The number of nitrogens with one attached hydrogen (secondary N) is 2. The van der Waals surface area contributed by atoms with E-state index in [1.165, 1.54) is 29.7 Å². The topological polar surface area (TPSA) is 97.0 Å². The highest BCUT2D eigenvalue weighted by Crippen LogP contribution is 2.21. The molecule has 0 aliphatic heterocycles. The van der Waals surface area contributed by atoms with Crippen LogP contribution in [-0.2, 0) is 6.42 Å². The van der Waals surface area contributed by atoms with E-state index in [4.69, 9.17) is 4.74 Å². The number of nitrogens with zero attached hydrogens (tertiary/aromatic N) is 2. The number of H-pyrrole nitrogens is 1. The van der Waals surface area contributed by atoms with Crippen LogP contribution in [0, 0.1) is 0 Å². The van der Waals surface area contributed by atoms with Gasteiger partial charge in [-0.3, -0.25) is 14.9 Å². The lowest BCUT2D eigenvalue weighted by atomic mass is 10.1. The lowest BCUT2D eigenvalue weighted by Crippen LogP contribution is -2.14. The zero-order valence-electron chi connectivity index (χ0n) is 12.8. The van der Waals surface area contributed by atoms with Crippen LogP contribution in [0.25, 0.3) is 0 Å². The Kier molecular flexibility index (Phi) is 4.66. The quantitative estimate of drug-likeness (QED) is 0.740. The van der Waals surface area contributed by atoms with Crippen LogP contribution in [0.3, 0.4) is 0 Å². The minimum atomic E-state index is -0.352. The maximum Gasteiger partial charge on any atom is 0.258 e. The molecule has 0 saturated heterocycles. The Hall–Kier alpha value is -3.00. The van der Waals surface area contributed by atoms with Gasteiger partial charge in [0.2, 0.25) is 10.7 Å². The third-order valence-corrected chi connectivity index (χ3v) is 4.06. The number of rotatable bonds is 5. The number of carbonyl (C=O) groups excluding carboxylic acids is 1. The van der Waals surface area contributed by atoms with Gasteiger partial charge in [0.05, 0.1) is 12.7 Å². The summed E-state index contributed by atoms with van der Waals surface area (Å²) in [6.07, 6.45) is 1.96. The number of amides is 1. The van der Waals surface area contributed by atoms with Crippen molar-refractivity contribution in [3.8, 4) is 5.75 Å². The molecular weight excluding hydrogens is 328 g/mol. The normalized spacial score (nSPS) is 10.4. The molecule has 0 saturated carbocycles. The molecular formula is C16H14N4O3S. The molecule has 0 bridgehead atoms. The molecule has 122 valence electrons. The SMILES string of the molecule is COc1cccc(Cc2nnc(NC(=O)c3ccc(=O)[nH]c3)s2)c1. The molecule has 7 nitrogen and oxygen atoms in total. The van der Waals surface area contributed by atoms with Crippen molar-refractivity contribution in [3.63, 3.8) is 0 Å². The average Bonchev–Trinajstić information content (AvgIpc) is 3.02. The number of hydrogen-bond acceptors (Lipinski definition) is 6. The van der Waals surface area contributed by atoms with Gasteiger partial charge < -0.3 is 9.72 Å². The van der Waals surface area contributed by atoms with E-state index >= 15 is 0 Å². The van der Waals surface area contributed by atoms with E-state index < -0.39 is 0 Å². The van der Waals surface area contributed by atoms with Crippen LogP contribution in [-0.4, -0.2) is 28.2 Å². The fraction of sp³-hybridized carbons (Fsp3) is 0.125. The zero-order valence-corrected chi connectivity index (χ0v) is 13.6. The predicted octanol–water partition coefficient (Wildman–Crippen LogP) is 2.08. The summed E-state index contributed by atoms with van der Waals surface area (Å²) < 4.78 is 5.19. The Morgan fingerprint density at radius 2 is 2.17 bits per heavy atom. The van der Waals surface area contributed by atoms with Gasteiger partial charge in [0.25, 0.3) is 5.91 Å². The predicted molar refractivity (Wildman–Crippen MR) is 90.7 cm³/mol.